The van der Waals surface area contributed by atoms with Crippen molar-refractivity contribution in [1.82, 2.24) is 9.80 Å². The molecular formula is C22H22ClN3O5. The molecule has 1 saturated heterocycles. The largest absolute Gasteiger partial charge is 0.507 e. The maximum absolute atomic E-state index is 12.9. The normalized spacial score (nSPS) is 18.1. The number of carbonyl (C=O) groups excluding carboxylic acids is 2. The minimum atomic E-state index is -0.933. The SMILES string of the molecule is CN(C)CCCN1C(=O)C(=O)C(=C(O)c2ccc(Cl)cc2)[C@@H]1c1cccc([N+](=O)[O-])c1. The maximum Gasteiger partial charge on any atom is 0.295 e. The van der Waals surface area contributed by atoms with E-state index in [1.165, 1.54) is 23.1 Å². The summed E-state index contributed by atoms with van der Waals surface area (Å²) in [6, 6.07) is 11.0. The number of Topliss-reactive ketones (excluding diaryl/α,β-unsaturated/α-hetero) is 1. The van der Waals surface area contributed by atoms with Gasteiger partial charge in [0.2, 0.25) is 0 Å². The smallest absolute Gasteiger partial charge is 0.295 e. The quantitative estimate of drug-likeness (QED) is 0.230. The third-order valence-electron chi connectivity index (χ3n) is 5.06. The number of benzene rings is 2. The van der Waals surface area contributed by atoms with Crippen LogP contribution in [0.4, 0.5) is 5.69 Å². The molecule has 2 aromatic rings. The number of nitro benzene ring substituents is 1. The van der Waals surface area contributed by atoms with E-state index in [0.29, 0.717) is 29.1 Å². The lowest BCUT2D eigenvalue weighted by molar-refractivity contribution is -0.384. The predicted molar refractivity (Wildman–Crippen MR) is 117 cm³/mol. The van der Waals surface area contributed by atoms with Gasteiger partial charge in [0.25, 0.3) is 17.4 Å². The number of aliphatic hydroxyl groups is 1. The summed E-state index contributed by atoms with van der Waals surface area (Å²) in [7, 11) is 3.79. The molecule has 162 valence electrons. The summed E-state index contributed by atoms with van der Waals surface area (Å²) in [6.45, 7) is 0.940. The van der Waals surface area contributed by atoms with Crippen molar-refractivity contribution in [2.75, 3.05) is 27.2 Å². The predicted octanol–water partition coefficient (Wildman–Crippen LogP) is 3.62. The van der Waals surface area contributed by atoms with E-state index in [9.17, 15) is 24.8 Å². The molecule has 3 rings (SSSR count). The lowest BCUT2D eigenvalue weighted by Crippen LogP contribution is -2.32. The molecule has 9 heteroatoms. The van der Waals surface area contributed by atoms with E-state index >= 15 is 0 Å². The molecule has 1 heterocycles. The lowest BCUT2D eigenvalue weighted by atomic mass is 9.95. The van der Waals surface area contributed by atoms with Gasteiger partial charge in [0.1, 0.15) is 5.76 Å². The number of aliphatic hydroxyl groups excluding tert-OH is 1. The van der Waals surface area contributed by atoms with Gasteiger partial charge in [-0.2, -0.15) is 0 Å². The Labute approximate surface area is 184 Å². The molecule has 0 spiro atoms. The van der Waals surface area contributed by atoms with Crippen molar-refractivity contribution >= 4 is 34.7 Å². The second-order valence-electron chi connectivity index (χ2n) is 7.51. The van der Waals surface area contributed by atoms with Gasteiger partial charge >= 0.3 is 0 Å². The number of hydrogen-bond acceptors (Lipinski definition) is 6. The van der Waals surface area contributed by atoms with Crippen LogP contribution in [0.3, 0.4) is 0 Å². The van der Waals surface area contributed by atoms with Crippen molar-refractivity contribution in [1.29, 1.82) is 0 Å². The van der Waals surface area contributed by atoms with Crippen molar-refractivity contribution in [2.24, 2.45) is 0 Å². The molecule has 2 aromatic carbocycles. The Kier molecular flexibility index (Phi) is 6.72. The molecular weight excluding hydrogens is 422 g/mol. The van der Waals surface area contributed by atoms with Crippen molar-refractivity contribution < 1.29 is 19.6 Å². The zero-order valence-corrected chi connectivity index (χ0v) is 17.9. The van der Waals surface area contributed by atoms with Gasteiger partial charge in [-0.3, -0.25) is 19.7 Å². The van der Waals surface area contributed by atoms with E-state index in [1.807, 2.05) is 19.0 Å². The molecule has 0 radical (unpaired) electrons. The highest BCUT2D eigenvalue weighted by Crippen LogP contribution is 2.40. The highest BCUT2D eigenvalue weighted by molar-refractivity contribution is 6.46. The van der Waals surface area contributed by atoms with Crippen LogP contribution < -0.4 is 0 Å². The molecule has 1 N–H and O–H groups in total. The summed E-state index contributed by atoms with van der Waals surface area (Å²) in [5.74, 6) is -1.92. The second-order valence-corrected chi connectivity index (χ2v) is 7.94. The van der Waals surface area contributed by atoms with Gasteiger partial charge in [0.15, 0.2) is 0 Å². The summed E-state index contributed by atoms with van der Waals surface area (Å²) in [6.07, 6.45) is 0.590. The van der Waals surface area contributed by atoms with E-state index in [2.05, 4.69) is 0 Å². The van der Waals surface area contributed by atoms with Gasteiger partial charge in [-0.25, -0.2) is 0 Å². The number of hydrogen-bond donors (Lipinski definition) is 1. The minimum absolute atomic E-state index is 0.0994. The van der Waals surface area contributed by atoms with Crippen LogP contribution in [0.5, 0.6) is 0 Å². The van der Waals surface area contributed by atoms with Gasteiger partial charge in [-0.05, 0) is 56.9 Å². The topological polar surface area (TPSA) is 104 Å². The van der Waals surface area contributed by atoms with Crippen LogP contribution in [-0.2, 0) is 9.59 Å². The Morgan fingerprint density at radius 3 is 2.48 bits per heavy atom. The van der Waals surface area contributed by atoms with Crippen molar-refractivity contribution in [2.45, 2.75) is 12.5 Å². The number of carbonyl (C=O) groups is 2. The number of non-ortho nitro benzene ring substituents is 1. The monoisotopic (exact) mass is 443 g/mol. The molecule has 0 saturated carbocycles. The second kappa shape index (κ2) is 9.28. The van der Waals surface area contributed by atoms with Gasteiger partial charge in [0, 0.05) is 29.3 Å². The Bertz CT molecular complexity index is 1050. The zero-order valence-electron chi connectivity index (χ0n) is 17.1. The van der Waals surface area contributed by atoms with Gasteiger partial charge in [-0.1, -0.05) is 23.7 Å². The molecule has 0 aromatic heterocycles. The number of likely N-dealkylation sites (tertiary alicyclic amines) is 1. The van der Waals surface area contributed by atoms with Gasteiger partial charge < -0.3 is 14.9 Å². The van der Waals surface area contributed by atoms with E-state index in [4.69, 9.17) is 11.6 Å². The van der Waals surface area contributed by atoms with E-state index in [1.54, 1.807) is 30.3 Å². The fourth-order valence-electron chi connectivity index (χ4n) is 3.59. The van der Waals surface area contributed by atoms with Crippen LogP contribution >= 0.6 is 11.6 Å². The molecule has 0 bridgehead atoms. The number of ketones is 1. The fraction of sp³-hybridized carbons (Fsp3) is 0.273. The summed E-state index contributed by atoms with van der Waals surface area (Å²) >= 11 is 5.91. The first-order valence-electron chi connectivity index (χ1n) is 9.64. The Balaban J connectivity index is 2.13. The number of amides is 1. The highest BCUT2D eigenvalue weighted by Gasteiger charge is 2.46. The first-order chi connectivity index (χ1) is 14.7. The Hall–Kier alpha value is -3.23. The number of nitro groups is 1. The third-order valence-corrected chi connectivity index (χ3v) is 5.31. The van der Waals surface area contributed by atoms with E-state index < -0.39 is 22.7 Å². The number of nitrogens with zero attached hydrogens (tertiary/aromatic N) is 3. The van der Waals surface area contributed by atoms with Crippen LogP contribution in [0.15, 0.2) is 54.1 Å². The number of halogens is 1. The van der Waals surface area contributed by atoms with E-state index in [-0.39, 0.29) is 23.6 Å². The summed E-state index contributed by atoms with van der Waals surface area (Å²) < 4.78 is 0. The molecule has 1 amide bonds. The molecule has 8 nitrogen and oxygen atoms in total. The highest BCUT2D eigenvalue weighted by atomic mass is 35.5. The fourth-order valence-corrected chi connectivity index (χ4v) is 3.71. The molecule has 0 unspecified atom stereocenters. The van der Waals surface area contributed by atoms with Crippen molar-refractivity contribution in [3.63, 3.8) is 0 Å². The van der Waals surface area contributed by atoms with E-state index in [0.717, 1.165) is 0 Å². The summed E-state index contributed by atoms with van der Waals surface area (Å²) in [4.78, 5) is 39.8. The Morgan fingerprint density at radius 1 is 1.19 bits per heavy atom. The first-order valence-corrected chi connectivity index (χ1v) is 10.0. The molecule has 0 aliphatic carbocycles. The zero-order chi connectivity index (χ0) is 22.7. The number of rotatable bonds is 7. The van der Waals surface area contributed by atoms with Crippen LogP contribution in [0.25, 0.3) is 5.76 Å². The molecule has 1 aliphatic rings. The standard InChI is InChI=1S/C22H22ClN3O5/c1-24(2)11-4-12-25-19(15-5-3-6-17(13-15)26(30)31)18(21(28)22(25)29)20(27)14-7-9-16(23)10-8-14/h3,5-10,13,19,27H,4,11-12H2,1-2H3/t19-/m0/s1. The molecule has 1 aliphatic heterocycles. The van der Waals surface area contributed by atoms with Crippen LogP contribution in [0, 0.1) is 10.1 Å². The first kappa shape index (κ1) is 22.5. The molecule has 1 fully saturated rings. The molecule has 1 atom stereocenters. The summed E-state index contributed by atoms with van der Waals surface area (Å²) in [5.41, 5.74) is 0.445. The molecule has 31 heavy (non-hydrogen) atoms. The summed E-state index contributed by atoms with van der Waals surface area (Å²) in [5, 5.41) is 22.7. The van der Waals surface area contributed by atoms with Crippen molar-refractivity contribution in [3.05, 3.63) is 80.4 Å². The van der Waals surface area contributed by atoms with Crippen LogP contribution in [0.2, 0.25) is 5.02 Å². The van der Waals surface area contributed by atoms with Gasteiger partial charge in [0.05, 0.1) is 16.5 Å². The van der Waals surface area contributed by atoms with Crippen LogP contribution in [0.1, 0.15) is 23.6 Å². The Morgan fingerprint density at radius 2 is 1.87 bits per heavy atom. The van der Waals surface area contributed by atoms with Gasteiger partial charge in [-0.15, -0.1) is 0 Å². The van der Waals surface area contributed by atoms with Crippen LogP contribution in [-0.4, -0.2) is 58.7 Å². The maximum atomic E-state index is 12.9. The average molecular weight is 444 g/mol. The average Bonchev–Trinajstić information content (AvgIpc) is 2.98. The lowest BCUT2D eigenvalue weighted by Gasteiger charge is -2.25. The third kappa shape index (κ3) is 4.76. The minimum Gasteiger partial charge on any atom is -0.507 e. The van der Waals surface area contributed by atoms with Crippen molar-refractivity contribution in [3.8, 4) is 0 Å².